The average molecular weight is 612 g/mol. The van der Waals surface area contributed by atoms with Crippen LogP contribution in [-0.2, 0) is 10.0 Å². The number of hydrogen-bond donors (Lipinski definition) is 2. The summed E-state index contributed by atoms with van der Waals surface area (Å²) in [6.07, 6.45) is 11.3. The van der Waals surface area contributed by atoms with Crippen molar-refractivity contribution < 1.29 is 12.8 Å². The van der Waals surface area contributed by atoms with Gasteiger partial charge in [0, 0.05) is 23.7 Å². The van der Waals surface area contributed by atoms with Crippen molar-refractivity contribution in [3.05, 3.63) is 40.6 Å². The Balaban J connectivity index is 1.21. The van der Waals surface area contributed by atoms with E-state index in [1.54, 1.807) is 10.8 Å². The molecule has 0 radical (unpaired) electrons. The van der Waals surface area contributed by atoms with E-state index in [4.69, 9.17) is 0 Å². The third-order valence-corrected chi connectivity index (χ3v) is 11.2. The predicted octanol–water partition coefficient (Wildman–Crippen LogP) is 5.18. The molecule has 2 heterocycles. The van der Waals surface area contributed by atoms with Gasteiger partial charge in [0.05, 0.1) is 17.6 Å². The highest BCUT2D eigenvalue weighted by atomic mass is 32.2. The summed E-state index contributed by atoms with van der Waals surface area (Å²) in [5.74, 6) is -0.193. The number of fused-ring (bicyclic) bond motifs is 1. The van der Waals surface area contributed by atoms with Crippen molar-refractivity contribution in [2.75, 3.05) is 29.9 Å². The van der Waals surface area contributed by atoms with E-state index in [1.807, 2.05) is 13.8 Å². The molecule has 0 unspecified atom stereocenters. The lowest BCUT2D eigenvalue weighted by atomic mass is 9.52. The first kappa shape index (κ1) is 29.9. The van der Waals surface area contributed by atoms with E-state index in [-0.39, 0.29) is 40.7 Å². The van der Waals surface area contributed by atoms with Crippen molar-refractivity contribution in [3.63, 3.8) is 0 Å². The first-order chi connectivity index (χ1) is 20.4. The Kier molecular flexibility index (Phi) is 7.95. The largest absolute Gasteiger partial charge is 0.351 e. The summed E-state index contributed by atoms with van der Waals surface area (Å²) >= 11 is 0. The number of nitrogens with zero attached hydrogens (tertiary/aromatic N) is 5. The lowest BCUT2D eigenvalue weighted by Gasteiger charge is -2.54. The first-order valence-corrected chi connectivity index (χ1v) is 17.1. The molecule has 3 aliphatic rings. The predicted molar refractivity (Wildman–Crippen MR) is 167 cm³/mol. The molecule has 3 aliphatic carbocycles. The maximum absolute atomic E-state index is 15.2. The number of hydrogen-bond acceptors (Lipinski definition) is 8. The van der Waals surface area contributed by atoms with Crippen molar-refractivity contribution >= 4 is 32.8 Å². The Morgan fingerprint density at radius 3 is 2.44 bits per heavy atom. The molecule has 3 saturated carbocycles. The Morgan fingerprint density at radius 2 is 1.84 bits per heavy atom. The maximum Gasteiger partial charge on any atom is 0.278 e. The lowest BCUT2D eigenvalue weighted by Crippen LogP contribution is -2.45. The lowest BCUT2D eigenvalue weighted by molar-refractivity contribution is -0.0146. The van der Waals surface area contributed by atoms with E-state index >= 15 is 4.39 Å². The molecule has 0 amide bonds. The molecule has 10 nitrogen and oxygen atoms in total. The van der Waals surface area contributed by atoms with Gasteiger partial charge < -0.3 is 10.2 Å². The highest BCUT2D eigenvalue weighted by Gasteiger charge is 2.49. The van der Waals surface area contributed by atoms with Crippen LogP contribution in [0.15, 0.2) is 29.2 Å². The smallest absolute Gasteiger partial charge is 0.278 e. The van der Waals surface area contributed by atoms with Crippen molar-refractivity contribution in [2.24, 2.45) is 11.3 Å². The van der Waals surface area contributed by atoms with Crippen molar-refractivity contribution in [2.45, 2.75) is 89.8 Å². The molecular formula is C31H42FN7O3S. The molecule has 3 fully saturated rings. The number of anilines is 2. The van der Waals surface area contributed by atoms with Gasteiger partial charge in [-0.05, 0) is 103 Å². The fraction of sp³-hybridized carbons (Fsp3) is 0.613. The summed E-state index contributed by atoms with van der Waals surface area (Å²) in [7, 11) is 0.523. The van der Waals surface area contributed by atoms with Gasteiger partial charge in [-0.2, -0.15) is 4.98 Å². The van der Waals surface area contributed by atoms with Crippen LogP contribution in [-0.4, -0.2) is 64.8 Å². The number of sulfonamides is 1. The second-order valence-corrected chi connectivity index (χ2v) is 15.2. The third-order valence-electron chi connectivity index (χ3n) is 9.73. The summed E-state index contributed by atoms with van der Waals surface area (Å²) in [5.41, 5.74) is 0.977. The second-order valence-electron chi connectivity index (χ2n) is 13.5. The van der Waals surface area contributed by atoms with Gasteiger partial charge in [-0.25, -0.2) is 22.8 Å². The van der Waals surface area contributed by atoms with E-state index in [0.29, 0.717) is 28.6 Å². The quantitative estimate of drug-likeness (QED) is 0.340. The molecule has 0 atom stereocenters. The zero-order valence-electron chi connectivity index (χ0n) is 25.4. The van der Waals surface area contributed by atoms with Gasteiger partial charge in [-0.1, -0.05) is 12.5 Å². The maximum atomic E-state index is 15.2. The minimum absolute atomic E-state index is 0.00450. The normalized spacial score (nSPS) is 22.1. The average Bonchev–Trinajstić information content (AvgIpc) is 2.90. The van der Waals surface area contributed by atoms with E-state index in [9.17, 15) is 13.2 Å². The topological polar surface area (TPSA) is 122 Å². The highest BCUT2D eigenvalue weighted by molar-refractivity contribution is 7.92. The Hall–Kier alpha value is -3.12. The standard InChI is InChI=1S/C31H42FN7O3S/c1-19(2)39-28-26(17-33-30(36-28)34-22-7-9-23(10-8-22)38(3)4)35-27(29(39)40)21-6-11-25(24(32)14-21)37-43(41,42)18-20-15-31(16-20)12-5-13-31/h6,11,14,17,19-20,22-23,37H,5,7-10,12-13,15-16,18H2,1-4H3,(H,33,34,36)/t22-,23-. The number of rotatable bonds is 9. The molecule has 2 aromatic heterocycles. The number of benzene rings is 1. The molecule has 0 bridgehead atoms. The number of nitrogens with one attached hydrogen (secondary N) is 2. The van der Waals surface area contributed by atoms with Gasteiger partial charge in [-0.15, -0.1) is 0 Å². The van der Waals surface area contributed by atoms with Crippen LogP contribution in [0.25, 0.3) is 22.4 Å². The second kappa shape index (κ2) is 11.4. The Morgan fingerprint density at radius 1 is 1.12 bits per heavy atom. The van der Waals surface area contributed by atoms with Crippen molar-refractivity contribution in [1.29, 1.82) is 0 Å². The van der Waals surface area contributed by atoms with Gasteiger partial charge >= 0.3 is 0 Å². The molecule has 1 aromatic carbocycles. The van der Waals surface area contributed by atoms with Gasteiger partial charge in [-0.3, -0.25) is 14.1 Å². The Labute approximate surface area is 252 Å². The molecule has 1 spiro atoms. The molecule has 0 aliphatic heterocycles. The van der Waals surface area contributed by atoms with Crippen LogP contribution in [0.3, 0.4) is 0 Å². The van der Waals surface area contributed by atoms with Crippen LogP contribution in [0, 0.1) is 17.2 Å². The van der Waals surface area contributed by atoms with Crippen LogP contribution >= 0.6 is 0 Å². The highest BCUT2D eigenvalue weighted by Crippen LogP contribution is 2.58. The van der Waals surface area contributed by atoms with Gasteiger partial charge in [0.25, 0.3) is 5.56 Å². The van der Waals surface area contributed by atoms with E-state index in [0.717, 1.165) is 44.6 Å². The van der Waals surface area contributed by atoms with Crippen LogP contribution in [0.5, 0.6) is 0 Å². The SMILES string of the molecule is CC(C)n1c(=O)c(-c2ccc(NS(=O)(=O)CC3CC4(CCC4)C3)c(F)c2)nc2cnc(N[C@H]3CC[C@H](N(C)C)CC3)nc21. The Bertz CT molecular complexity index is 1670. The molecule has 6 rings (SSSR count). The van der Waals surface area contributed by atoms with Gasteiger partial charge in [0.2, 0.25) is 16.0 Å². The number of aromatic nitrogens is 4. The van der Waals surface area contributed by atoms with E-state index < -0.39 is 21.4 Å². The van der Waals surface area contributed by atoms with E-state index in [1.165, 1.54) is 31.4 Å². The molecule has 232 valence electrons. The third kappa shape index (κ3) is 6.13. The fourth-order valence-corrected chi connectivity index (χ4v) is 8.73. The summed E-state index contributed by atoms with van der Waals surface area (Å²) in [6, 6.07) is 4.63. The summed E-state index contributed by atoms with van der Waals surface area (Å²) in [6.45, 7) is 3.77. The van der Waals surface area contributed by atoms with Crippen LogP contribution < -0.4 is 15.6 Å². The van der Waals surface area contributed by atoms with Crippen LogP contribution in [0.4, 0.5) is 16.0 Å². The first-order valence-electron chi connectivity index (χ1n) is 15.4. The molecular weight excluding hydrogens is 569 g/mol. The molecule has 3 aromatic rings. The van der Waals surface area contributed by atoms with Crippen LogP contribution in [0.2, 0.25) is 0 Å². The molecule has 43 heavy (non-hydrogen) atoms. The summed E-state index contributed by atoms with van der Waals surface area (Å²) in [4.78, 5) is 29.6. The zero-order chi connectivity index (χ0) is 30.5. The van der Waals surface area contributed by atoms with Crippen molar-refractivity contribution in [1.82, 2.24) is 24.4 Å². The van der Waals surface area contributed by atoms with Gasteiger partial charge in [0.15, 0.2) is 5.65 Å². The van der Waals surface area contributed by atoms with E-state index in [2.05, 4.69) is 44.0 Å². The number of halogens is 1. The van der Waals surface area contributed by atoms with Crippen molar-refractivity contribution in [3.8, 4) is 11.3 Å². The van der Waals surface area contributed by atoms with Gasteiger partial charge in [0.1, 0.15) is 17.0 Å². The van der Waals surface area contributed by atoms with Crippen LogP contribution in [0.1, 0.15) is 77.7 Å². The minimum atomic E-state index is -3.70. The fourth-order valence-electron chi connectivity index (χ4n) is 7.29. The monoisotopic (exact) mass is 611 g/mol. The molecule has 0 saturated heterocycles. The zero-order valence-corrected chi connectivity index (χ0v) is 26.3. The summed E-state index contributed by atoms with van der Waals surface area (Å²) < 4.78 is 44.8. The summed E-state index contributed by atoms with van der Waals surface area (Å²) in [5, 5.41) is 3.44. The molecule has 12 heteroatoms. The minimum Gasteiger partial charge on any atom is -0.351 e. The molecule has 2 N–H and O–H groups in total.